The zero-order valence-electron chi connectivity index (χ0n) is 17.7. The molecule has 31 heavy (non-hydrogen) atoms. The molecule has 2 aromatic carbocycles. The summed E-state index contributed by atoms with van der Waals surface area (Å²) in [5, 5.41) is 10.2. The molecule has 1 aromatic heterocycles. The fourth-order valence-corrected chi connectivity index (χ4v) is 4.12. The van der Waals surface area contributed by atoms with Gasteiger partial charge in [-0.25, -0.2) is 9.97 Å². The van der Waals surface area contributed by atoms with Gasteiger partial charge in [0.25, 0.3) is 0 Å². The molecule has 6 nitrogen and oxygen atoms in total. The minimum Gasteiger partial charge on any atom is -0.494 e. The second-order valence-corrected chi connectivity index (χ2v) is 8.16. The molecule has 0 spiro atoms. The zero-order valence-corrected chi connectivity index (χ0v) is 17.7. The number of nitrogens with zero attached hydrogens (tertiary/aromatic N) is 3. The van der Waals surface area contributed by atoms with E-state index in [-0.39, 0.29) is 12.0 Å². The van der Waals surface area contributed by atoms with Crippen LogP contribution in [0.5, 0.6) is 17.5 Å². The Balaban J connectivity index is 1.31. The maximum atomic E-state index is 10.2. The minimum atomic E-state index is -0.110. The van der Waals surface area contributed by atoms with Gasteiger partial charge in [0.2, 0.25) is 0 Å². The Morgan fingerprint density at radius 3 is 2.45 bits per heavy atom. The number of para-hydroxylation sites is 1. The normalized spacial score (nSPS) is 19.1. The molecular formula is C25H29N3O3. The second kappa shape index (κ2) is 10.4. The molecule has 3 aromatic rings. The van der Waals surface area contributed by atoms with Gasteiger partial charge in [0, 0.05) is 30.9 Å². The van der Waals surface area contributed by atoms with Gasteiger partial charge in [-0.3, -0.25) is 4.90 Å². The third-order valence-electron chi connectivity index (χ3n) is 5.80. The monoisotopic (exact) mass is 419 g/mol. The second-order valence-electron chi connectivity index (χ2n) is 8.16. The largest absolute Gasteiger partial charge is 0.494 e. The average Bonchev–Trinajstić information content (AvgIpc) is 2.82. The van der Waals surface area contributed by atoms with E-state index in [9.17, 15) is 5.11 Å². The van der Waals surface area contributed by atoms with Crippen LogP contribution in [0, 0.1) is 5.41 Å². The molecule has 1 N–H and O–H groups in total. The van der Waals surface area contributed by atoms with E-state index in [2.05, 4.69) is 27.0 Å². The van der Waals surface area contributed by atoms with Crippen LogP contribution in [0.15, 0.2) is 73.1 Å². The Kier molecular flexibility index (Phi) is 7.12. The van der Waals surface area contributed by atoms with Crippen LogP contribution in [0.3, 0.4) is 0 Å². The molecule has 162 valence electrons. The van der Waals surface area contributed by atoms with Gasteiger partial charge < -0.3 is 14.6 Å². The van der Waals surface area contributed by atoms with Crippen LogP contribution in [0.1, 0.15) is 24.8 Å². The molecule has 6 heteroatoms. The molecule has 1 aliphatic heterocycles. The molecular weight excluding hydrogens is 390 g/mol. The van der Waals surface area contributed by atoms with Crippen molar-refractivity contribution in [1.82, 2.24) is 14.9 Å². The SMILES string of the molecule is OCC1(CCOc2ccccc2)CCCN(Cc2ccc(Oc3ncccn3)cc2)C1. The van der Waals surface area contributed by atoms with Gasteiger partial charge in [-0.15, -0.1) is 0 Å². The summed E-state index contributed by atoms with van der Waals surface area (Å²) in [6.07, 6.45) is 6.27. The average molecular weight is 420 g/mol. The van der Waals surface area contributed by atoms with Crippen LogP contribution < -0.4 is 9.47 Å². The predicted molar refractivity (Wildman–Crippen MR) is 119 cm³/mol. The summed E-state index contributed by atoms with van der Waals surface area (Å²) in [7, 11) is 0. The minimum absolute atomic E-state index is 0.110. The van der Waals surface area contributed by atoms with E-state index in [1.807, 2.05) is 42.5 Å². The Bertz CT molecular complexity index is 922. The molecule has 0 aliphatic carbocycles. The Labute approximate surface area is 183 Å². The molecule has 0 saturated carbocycles. The van der Waals surface area contributed by atoms with Crippen molar-refractivity contribution in [2.45, 2.75) is 25.8 Å². The summed E-state index contributed by atoms with van der Waals surface area (Å²) in [6, 6.07) is 20.0. The molecule has 0 radical (unpaired) electrons. The lowest BCUT2D eigenvalue weighted by molar-refractivity contribution is 0.0128. The summed E-state index contributed by atoms with van der Waals surface area (Å²) in [5.41, 5.74) is 1.11. The number of likely N-dealkylation sites (tertiary alicyclic amines) is 1. The van der Waals surface area contributed by atoms with E-state index in [4.69, 9.17) is 9.47 Å². The van der Waals surface area contributed by atoms with Gasteiger partial charge in [-0.2, -0.15) is 0 Å². The Hall–Kier alpha value is -2.96. The fraction of sp³-hybridized carbons (Fsp3) is 0.360. The van der Waals surface area contributed by atoms with Crippen molar-refractivity contribution in [3.05, 3.63) is 78.6 Å². The number of aromatic nitrogens is 2. The first-order valence-electron chi connectivity index (χ1n) is 10.8. The third kappa shape index (κ3) is 6.03. The molecule has 1 aliphatic rings. The third-order valence-corrected chi connectivity index (χ3v) is 5.80. The van der Waals surface area contributed by atoms with Crippen LogP contribution in [0.4, 0.5) is 0 Å². The van der Waals surface area contributed by atoms with Crippen LogP contribution in [-0.2, 0) is 6.54 Å². The Morgan fingerprint density at radius 1 is 0.935 bits per heavy atom. The van der Waals surface area contributed by atoms with Crippen molar-refractivity contribution < 1.29 is 14.6 Å². The van der Waals surface area contributed by atoms with Gasteiger partial charge >= 0.3 is 6.01 Å². The molecule has 1 saturated heterocycles. The van der Waals surface area contributed by atoms with E-state index < -0.39 is 0 Å². The van der Waals surface area contributed by atoms with Crippen LogP contribution in [0.25, 0.3) is 0 Å². The number of benzene rings is 2. The highest BCUT2D eigenvalue weighted by Crippen LogP contribution is 2.34. The van der Waals surface area contributed by atoms with E-state index >= 15 is 0 Å². The maximum Gasteiger partial charge on any atom is 0.321 e. The van der Waals surface area contributed by atoms with Gasteiger partial charge in [-0.05, 0) is 61.7 Å². The van der Waals surface area contributed by atoms with Crippen LogP contribution in [0.2, 0.25) is 0 Å². The van der Waals surface area contributed by atoms with E-state index in [0.717, 1.165) is 50.4 Å². The predicted octanol–water partition coefficient (Wildman–Crippen LogP) is 4.31. The molecule has 0 amide bonds. The number of aliphatic hydroxyl groups is 1. The topological polar surface area (TPSA) is 67.7 Å². The van der Waals surface area contributed by atoms with Crippen LogP contribution in [-0.4, -0.2) is 46.3 Å². The number of ether oxygens (including phenoxy) is 2. The number of aliphatic hydroxyl groups excluding tert-OH is 1. The van der Waals surface area contributed by atoms with E-state index in [1.165, 1.54) is 5.56 Å². The maximum absolute atomic E-state index is 10.2. The van der Waals surface area contributed by atoms with Gasteiger partial charge in [0.1, 0.15) is 11.5 Å². The number of piperidine rings is 1. The summed E-state index contributed by atoms with van der Waals surface area (Å²) >= 11 is 0. The van der Waals surface area contributed by atoms with Crippen molar-refractivity contribution in [1.29, 1.82) is 0 Å². The lowest BCUT2D eigenvalue weighted by Gasteiger charge is -2.42. The standard InChI is InChI=1S/C25H29N3O3/c29-20-25(13-17-30-22-6-2-1-3-7-22)12-4-16-28(19-25)18-21-8-10-23(11-9-21)31-24-26-14-5-15-27-24/h1-3,5-11,14-15,29H,4,12-13,16-20H2. The van der Waals surface area contributed by atoms with Gasteiger partial charge in [0.15, 0.2) is 0 Å². The first-order valence-corrected chi connectivity index (χ1v) is 10.8. The van der Waals surface area contributed by atoms with Gasteiger partial charge in [-0.1, -0.05) is 30.3 Å². The fourth-order valence-electron chi connectivity index (χ4n) is 4.12. The van der Waals surface area contributed by atoms with E-state index in [1.54, 1.807) is 18.5 Å². The Morgan fingerprint density at radius 2 is 1.71 bits per heavy atom. The van der Waals surface area contributed by atoms with E-state index in [0.29, 0.717) is 12.6 Å². The summed E-state index contributed by atoms with van der Waals surface area (Å²) in [6.45, 7) is 3.57. The zero-order chi connectivity index (χ0) is 21.4. The smallest absolute Gasteiger partial charge is 0.321 e. The first-order chi connectivity index (χ1) is 15.2. The van der Waals surface area contributed by atoms with Crippen molar-refractivity contribution in [2.24, 2.45) is 5.41 Å². The lowest BCUT2D eigenvalue weighted by atomic mass is 9.78. The quantitative estimate of drug-likeness (QED) is 0.557. The van der Waals surface area contributed by atoms with Crippen molar-refractivity contribution in [3.8, 4) is 17.5 Å². The molecule has 1 atom stereocenters. The highest BCUT2D eigenvalue weighted by Gasteiger charge is 2.34. The van der Waals surface area contributed by atoms with Crippen LogP contribution >= 0.6 is 0 Å². The molecule has 4 rings (SSSR count). The number of rotatable bonds is 9. The molecule has 0 bridgehead atoms. The number of hydrogen-bond donors (Lipinski definition) is 1. The van der Waals surface area contributed by atoms with Gasteiger partial charge in [0.05, 0.1) is 13.2 Å². The summed E-state index contributed by atoms with van der Waals surface area (Å²) in [4.78, 5) is 10.6. The number of hydrogen-bond acceptors (Lipinski definition) is 6. The highest BCUT2D eigenvalue weighted by molar-refractivity contribution is 5.29. The summed E-state index contributed by atoms with van der Waals surface area (Å²) in [5.74, 6) is 1.60. The molecule has 1 fully saturated rings. The molecule has 1 unspecified atom stereocenters. The van der Waals surface area contributed by atoms with Crippen molar-refractivity contribution in [2.75, 3.05) is 26.3 Å². The lowest BCUT2D eigenvalue weighted by Crippen LogP contribution is -2.45. The molecule has 2 heterocycles. The van der Waals surface area contributed by atoms with Crippen molar-refractivity contribution >= 4 is 0 Å². The first kappa shape index (κ1) is 21.3. The summed E-state index contributed by atoms with van der Waals surface area (Å²) < 4.78 is 11.6. The van der Waals surface area contributed by atoms with Crippen molar-refractivity contribution in [3.63, 3.8) is 0 Å². The highest BCUT2D eigenvalue weighted by atomic mass is 16.5.